The second kappa shape index (κ2) is 6.01. The molecule has 2 aromatic rings. The van der Waals surface area contributed by atoms with Crippen LogP contribution in [0.4, 0.5) is 4.39 Å². The molecule has 0 saturated heterocycles. The van der Waals surface area contributed by atoms with Crippen molar-refractivity contribution in [3.05, 3.63) is 59.7 Å². The van der Waals surface area contributed by atoms with Crippen LogP contribution in [-0.2, 0) is 12.0 Å². The first kappa shape index (κ1) is 14.5. The smallest absolute Gasteiger partial charge is 0.141 e. The van der Waals surface area contributed by atoms with E-state index < -0.39 is 11.4 Å². The van der Waals surface area contributed by atoms with Gasteiger partial charge in [0.1, 0.15) is 17.2 Å². The van der Waals surface area contributed by atoms with Crippen LogP contribution < -0.4 is 4.74 Å². The first-order chi connectivity index (χ1) is 9.51. The van der Waals surface area contributed by atoms with Gasteiger partial charge in [0.25, 0.3) is 0 Å². The lowest BCUT2D eigenvalue weighted by atomic mass is 9.93. The summed E-state index contributed by atoms with van der Waals surface area (Å²) >= 11 is 0. The molecule has 20 heavy (non-hydrogen) atoms. The van der Waals surface area contributed by atoms with Gasteiger partial charge in [-0.05, 0) is 49.6 Å². The molecule has 0 aliphatic carbocycles. The third-order valence-electron chi connectivity index (χ3n) is 3.34. The molecule has 4 heteroatoms. The highest BCUT2D eigenvalue weighted by Crippen LogP contribution is 2.25. The average molecular weight is 275 g/mol. The summed E-state index contributed by atoms with van der Waals surface area (Å²) in [7, 11) is 1.63. The van der Waals surface area contributed by atoms with Crippen LogP contribution in [0.5, 0.6) is 5.75 Å². The topological polar surface area (TPSA) is 42.4 Å². The molecule has 1 atom stereocenters. The molecule has 0 spiro atoms. The summed E-state index contributed by atoms with van der Waals surface area (Å²) in [6, 6.07) is 10.5. The lowest BCUT2D eigenvalue weighted by molar-refractivity contribution is 0.0434. The molecule has 1 aromatic heterocycles. The maximum atomic E-state index is 12.8. The molecule has 0 radical (unpaired) electrons. The molecule has 1 aromatic carbocycles. The van der Waals surface area contributed by atoms with Crippen molar-refractivity contribution in [2.75, 3.05) is 7.11 Å². The molecule has 0 aliphatic heterocycles. The van der Waals surface area contributed by atoms with Crippen molar-refractivity contribution < 1.29 is 14.2 Å². The number of halogens is 1. The number of benzene rings is 1. The quantitative estimate of drug-likeness (QED) is 0.912. The zero-order chi connectivity index (χ0) is 14.6. The molecular weight excluding hydrogens is 257 g/mol. The second-order valence-corrected chi connectivity index (χ2v) is 4.98. The largest absolute Gasteiger partial charge is 0.497 e. The molecule has 0 aliphatic rings. The zero-order valence-electron chi connectivity index (χ0n) is 11.6. The Balaban J connectivity index is 2.02. The van der Waals surface area contributed by atoms with Gasteiger partial charge in [-0.1, -0.05) is 12.1 Å². The summed E-state index contributed by atoms with van der Waals surface area (Å²) in [6.45, 7) is 1.69. The molecule has 2 rings (SSSR count). The Hall–Kier alpha value is -1.94. The lowest BCUT2D eigenvalue weighted by Crippen LogP contribution is -2.23. The van der Waals surface area contributed by atoms with Crippen LogP contribution in [0.25, 0.3) is 0 Å². The second-order valence-electron chi connectivity index (χ2n) is 4.98. The van der Waals surface area contributed by atoms with Crippen molar-refractivity contribution in [3.8, 4) is 5.75 Å². The third kappa shape index (κ3) is 3.54. The van der Waals surface area contributed by atoms with Crippen LogP contribution in [0, 0.1) is 5.82 Å². The molecule has 0 saturated carbocycles. The number of pyridine rings is 1. The molecule has 1 heterocycles. The van der Waals surface area contributed by atoms with Gasteiger partial charge in [-0.2, -0.15) is 0 Å². The highest BCUT2D eigenvalue weighted by atomic mass is 19.1. The van der Waals surface area contributed by atoms with Gasteiger partial charge >= 0.3 is 0 Å². The number of aromatic nitrogens is 1. The number of rotatable bonds is 5. The van der Waals surface area contributed by atoms with Gasteiger partial charge in [-0.3, -0.25) is 4.98 Å². The maximum Gasteiger partial charge on any atom is 0.141 e. The Morgan fingerprint density at radius 2 is 1.90 bits per heavy atom. The van der Waals surface area contributed by atoms with Gasteiger partial charge in [-0.25, -0.2) is 4.39 Å². The number of methoxy groups -OCH3 is 1. The predicted octanol–water partition coefficient (Wildman–Crippen LogP) is 3.07. The fraction of sp³-hybridized carbons (Fsp3) is 0.312. The molecule has 0 bridgehead atoms. The van der Waals surface area contributed by atoms with E-state index in [1.165, 1.54) is 12.1 Å². The standard InChI is InChI=1S/C16H18FNO2/c1-16(19,15-8-5-13(17)11-18-15)10-9-12-3-6-14(20-2)7-4-12/h3-8,11,19H,9-10H2,1-2H3. The number of aryl methyl sites for hydroxylation is 1. The van der Waals surface area contributed by atoms with Gasteiger partial charge in [-0.15, -0.1) is 0 Å². The van der Waals surface area contributed by atoms with Gasteiger partial charge in [0, 0.05) is 0 Å². The van der Waals surface area contributed by atoms with E-state index >= 15 is 0 Å². The monoisotopic (exact) mass is 275 g/mol. The van der Waals surface area contributed by atoms with E-state index in [4.69, 9.17) is 4.74 Å². The minimum atomic E-state index is -1.08. The normalized spacial score (nSPS) is 13.8. The maximum absolute atomic E-state index is 12.8. The van der Waals surface area contributed by atoms with Crippen LogP contribution in [0.2, 0.25) is 0 Å². The lowest BCUT2D eigenvalue weighted by Gasteiger charge is -2.22. The predicted molar refractivity (Wildman–Crippen MR) is 75.1 cm³/mol. The molecule has 1 unspecified atom stereocenters. The van der Waals surface area contributed by atoms with E-state index in [1.54, 1.807) is 14.0 Å². The van der Waals surface area contributed by atoms with E-state index in [2.05, 4.69) is 4.98 Å². The van der Waals surface area contributed by atoms with Crippen LogP contribution in [0.3, 0.4) is 0 Å². The van der Waals surface area contributed by atoms with Crippen LogP contribution in [-0.4, -0.2) is 17.2 Å². The first-order valence-electron chi connectivity index (χ1n) is 6.48. The SMILES string of the molecule is COc1ccc(CCC(C)(O)c2ccc(F)cn2)cc1. The van der Waals surface area contributed by atoms with Gasteiger partial charge in [0.05, 0.1) is 19.0 Å². The van der Waals surface area contributed by atoms with Crippen molar-refractivity contribution in [2.45, 2.75) is 25.4 Å². The Labute approximate surface area is 118 Å². The molecule has 106 valence electrons. The molecule has 3 nitrogen and oxygen atoms in total. The van der Waals surface area contributed by atoms with Crippen LogP contribution in [0.1, 0.15) is 24.6 Å². The zero-order valence-corrected chi connectivity index (χ0v) is 11.6. The highest BCUT2D eigenvalue weighted by molar-refractivity contribution is 5.27. The number of nitrogens with zero attached hydrogens (tertiary/aromatic N) is 1. The summed E-state index contributed by atoms with van der Waals surface area (Å²) in [6.07, 6.45) is 2.34. The van der Waals surface area contributed by atoms with Crippen LogP contribution >= 0.6 is 0 Å². The average Bonchev–Trinajstić information content (AvgIpc) is 2.46. The van der Waals surface area contributed by atoms with E-state index in [-0.39, 0.29) is 0 Å². The van der Waals surface area contributed by atoms with Crippen molar-refractivity contribution >= 4 is 0 Å². The molecule has 1 N–H and O–H groups in total. The van der Waals surface area contributed by atoms with E-state index in [1.807, 2.05) is 24.3 Å². The Bertz CT molecular complexity index is 550. The Kier molecular flexibility index (Phi) is 4.35. The number of aliphatic hydroxyl groups is 1. The van der Waals surface area contributed by atoms with Gasteiger partial charge in [0.15, 0.2) is 0 Å². The van der Waals surface area contributed by atoms with Crippen LogP contribution in [0.15, 0.2) is 42.6 Å². The molecular formula is C16H18FNO2. The Morgan fingerprint density at radius 3 is 2.45 bits per heavy atom. The molecule has 0 amide bonds. The minimum Gasteiger partial charge on any atom is -0.497 e. The number of ether oxygens (including phenoxy) is 1. The summed E-state index contributed by atoms with van der Waals surface area (Å²) in [5, 5.41) is 10.4. The summed E-state index contributed by atoms with van der Waals surface area (Å²) in [4.78, 5) is 3.94. The van der Waals surface area contributed by atoms with Crippen molar-refractivity contribution in [1.29, 1.82) is 0 Å². The Morgan fingerprint density at radius 1 is 1.20 bits per heavy atom. The van der Waals surface area contributed by atoms with E-state index in [0.717, 1.165) is 17.5 Å². The molecule has 0 fully saturated rings. The van der Waals surface area contributed by atoms with Gasteiger partial charge in [0.2, 0.25) is 0 Å². The third-order valence-corrected chi connectivity index (χ3v) is 3.34. The minimum absolute atomic E-state index is 0.403. The van der Waals surface area contributed by atoms with Crippen molar-refractivity contribution in [1.82, 2.24) is 4.98 Å². The summed E-state index contributed by atoms with van der Waals surface area (Å²) in [5.74, 6) is 0.403. The van der Waals surface area contributed by atoms with Gasteiger partial charge < -0.3 is 9.84 Å². The summed E-state index contributed by atoms with van der Waals surface area (Å²) < 4.78 is 17.9. The fourth-order valence-corrected chi connectivity index (χ4v) is 2.00. The number of hydrogen-bond acceptors (Lipinski definition) is 3. The summed E-state index contributed by atoms with van der Waals surface area (Å²) in [5.41, 5.74) is 0.508. The first-order valence-corrected chi connectivity index (χ1v) is 6.48. The van der Waals surface area contributed by atoms with Crippen molar-refractivity contribution in [2.24, 2.45) is 0 Å². The van der Waals surface area contributed by atoms with E-state index in [0.29, 0.717) is 18.5 Å². The number of hydrogen-bond donors (Lipinski definition) is 1. The fourth-order valence-electron chi connectivity index (χ4n) is 2.00. The van der Waals surface area contributed by atoms with Crippen molar-refractivity contribution in [3.63, 3.8) is 0 Å². The van der Waals surface area contributed by atoms with E-state index in [9.17, 15) is 9.50 Å². The highest BCUT2D eigenvalue weighted by Gasteiger charge is 2.24.